The molecule has 0 amide bonds. The highest BCUT2D eigenvalue weighted by Gasteiger charge is 2.06. The Bertz CT molecular complexity index is 536. The van der Waals surface area contributed by atoms with E-state index in [1.165, 1.54) is 21.2 Å². The van der Waals surface area contributed by atoms with E-state index in [2.05, 4.69) is 77.6 Å². The lowest BCUT2D eigenvalue weighted by Gasteiger charge is -2.16. The summed E-state index contributed by atoms with van der Waals surface area (Å²) in [7, 11) is 0. The first-order valence-electron chi connectivity index (χ1n) is 6.68. The third-order valence-electron chi connectivity index (χ3n) is 3.39. The van der Waals surface area contributed by atoms with E-state index in [1.54, 1.807) is 0 Å². The second-order valence-corrected chi connectivity index (χ2v) is 5.86. The molecule has 0 aliphatic carbocycles. The predicted octanol–water partition coefficient (Wildman–Crippen LogP) is 4.48. The van der Waals surface area contributed by atoms with Crippen LogP contribution in [0.15, 0.2) is 53.0 Å². The van der Waals surface area contributed by atoms with Crippen LogP contribution in [-0.2, 0) is 13.0 Å². The number of hydrogen-bond donors (Lipinski definition) is 1. The van der Waals surface area contributed by atoms with E-state index >= 15 is 0 Å². The van der Waals surface area contributed by atoms with Crippen molar-refractivity contribution >= 4 is 15.9 Å². The first kappa shape index (κ1) is 14.3. The van der Waals surface area contributed by atoms with Crippen LogP contribution in [0.5, 0.6) is 0 Å². The van der Waals surface area contributed by atoms with Gasteiger partial charge in [-0.15, -0.1) is 0 Å². The molecule has 0 fully saturated rings. The summed E-state index contributed by atoms with van der Waals surface area (Å²) in [5.41, 5.74) is 4.10. The Kier molecular flexibility index (Phi) is 5.17. The second kappa shape index (κ2) is 6.88. The van der Waals surface area contributed by atoms with Crippen LogP contribution in [0.3, 0.4) is 0 Å². The van der Waals surface area contributed by atoms with Gasteiger partial charge in [-0.25, -0.2) is 0 Å². The summed E-state index contributed by atoms with van der Waals surface area (Å²) in [5.74, 6) is 0. The molecule has 2 rings (SSSR count). The van der Waals surface area contributed by atoms with Gasteiger partial charge in [-0.2, -0.15) is 0 Å². The Hall–Kier alpha value is -1.12. The number of benzene rings is 2. The minimum Gasteiger partial charge on any atom is -0.310 e. The normalized spacial score (nSPS) is 12.4. The van der Waals surface area contributed by atoms with Crippen molar-refractivity contribution in [2.24, 2.45) is 0 Å². The Morgan fingerprint density at radius 3 is 2.32 bits per heavy atom. The number of halogens is 1. The van der Waals surface area contributed by atoms with E-state index in [-0.39, 0.29) is 0 Å². The molecule has 100 valence electrons. The maximum Gasteiger partial charge on any atom is 0.0220 e. The largest absolute Gasteiger partial charge is 0.310 e. The highest BCUT2D eigenvalue weighted by Crippen LogP contribution is 2.16. The van der Waals surface area contributed by atoms with Crippen LogP contribution < -0.4 is 5.32 Å². The third kappa shape index (κ3) is 4.19. The Labute approximate surface area is 124 Å². The van der Waals surface area contributed by atoms with Crippen molar-refractivity contribution in [2.45, 2.75) is 32.9 Å². The molecule has 0 spiro atoms. The number of hydrogen-bond acceptors (Lipinski definition) is 1. The van der Waals surface area contributed by atoms with Gasteiger partial charge in [-0.05, 0) is 43.0 Å². The van der Waals surface area contributed by atoms with Gasteiger partial charge in [0, 0.05) is 17.1 Å². The zero-order chi connectivity index (χ0) is 13.7. The van der Waals surface area contributed by atoms with Gasteiger partial charge < -0.3 is 5.32 Å². The zero-order valence-electron chi connectivity index (χ0n) is 11.5. The summed E-state index contributed by atoms with van der Waals surface area (Å²) in [6.45, 7) is 5.31. The molecule has 0 aliphatic heterocycles. The average molecular weight is 318 g/mol. The van der Waals surface area contributed by atoms with Crippen molar-refractivity contribution in [3.05, 3.63) is 69.7 Å². The molecule has 1 nitrogen and oxygen atoms in total. The van der Waals surface area contributed by atoms with Crippen molar-refractivity contribution in [2.75, 3.05) is 0 Å². The number of aryl methyl sites for hydroxylation is 1. The average Bonchev–Trinajstić information content (AvgIpc) is 2.40. The van der Waals surface area contributed by atoms with Gasteiger partial charge in [-0.1, -0.05) is 58.4 Å². The molecular formula is C17H20BrN. The maximum atomic E-state index is 3.59. The molecule has 1 atom stereocenters. The van der Waals surface area contributed by atoms with Gasteiger partial charge >= 0.3 is 0 Å². The van der Waals surface area contributed by atoms with E-state index in [0.29, 0.717) is 6.04 Å². The standard InChI is InChI=1S/C17H20BrN/c1-13-7-3-4-8-15(13)11-14(2)19-12-16-9-5-6-10-17(16)18/h3-10,14,19H,11-12H2,1-2H3. The first-order chi connectivity index (χ1) is 9.16. The van der Waals surface area contributed by atoms with Gasteiger partial charge in [0.1, 0.15) is 0 Å². The molecule has 2 heteroatoms. The lowest BCUT2D eigenvalue weighted by Crippen LogP contribution is -2.27. The number of rotatable bonds is 5. The fraction of sp³-hybridized carbons (Fsp3) is 0.294. The highest BCUT2D eigenvalue weighted by atomic mass is 79.9. The third-order valence-corrected chi connectivity index (χ3v) is 4.16. The van der Waals surface area contributed by atoms with E-state index < -0.39 is 0 Å². The molecule has 0 radical (unpaired) electrons. The monoisotopic (exact) mass is 317 g/mol. The Morgan fingerprint density at radius 1 is 1.00 bits per heavy atom. The molecule has 19 heavy (non-hydrogen) atoms. The molecular weight excluding hydrogens is 298 g/mol. The minimum absolute atomic E-state index is 0.466. The zero-order valence-corrected chi connectivity index (χ0v) is 13.1. The minimum atomic E-state index is 0.466. The van der Waals surface area contributed by atoms with Crippen LogP contribution in [0.4, 0.5) is 0 Å². The summed E-state index contributed by atoms with van der Waals surface area (Å²) in [6.07, 6.45) is 1.07. The van der Waals surface area contributed by atoms with Crippen LogP contribution in [0.25, 0.3) is 0 Å². The summed E-state index contributed by atoms with van der Waals surface area (Å²) in [5, 5.41) is 3.59. The van der Waals surface area contributed by atoms with Gasteiger partial charge in [0.05, 0.1) is 0 Å². The van der Waals surface area contributed by atoms with Crippen LogP contribution in [0.2, 0.25) is 0 Å². The second-order valence-electron chi connectivity index (χ2n) is 5.00. The van der Waals surface area contributed by atoms with Gasteiger partial charge in [0.2, 0.25) is 0 Å². The smallest absolute Gasteiger partial charge is 0.0220 e. The van der Waals surface area contributed by atoms with Crippen molar-refractivity contribution in [1.29, 1.82) is 0 Å². The molecule has 2 aromatic carbocycles. The fourth-order valence-electron chi connectivity index (χ4n) is 2.17. The molecule has 0 aliphatic rings. The topological polar surface area (TPSA) is 12.0 Å². The molecule has 0 saturated heterocycles. The SMILES string of the molecule is Cc1ccccc1CC(C)NCc1ccccc1Br. The van der Waals surface area contributed by atoms with Crippen molar-refractivity contribution in [3.63, 3.8) is 0 Å². The molecule has 2 aromatic rings. The molecule has 1 unspecified atom stereocenters. The molecule has 0 saturated carbocycles. The van der Waals surface area contributed by atoms with E-state index in [4.69, 9.17) is 0 Å². The summed E-state index contributed by atoms with van der Waals surface area (Å²) in [6, 6.07) is 17.4. The lowest BCUT2D eigenvalue weighted by atomic mass is 10.0. The molecule has 0 aromatic heterocycles. The predicted molar refractivity (Wildman–Crippen MR) is 85.3 cm³/mol. The number of nitrogens with one attached hydrogen (secondary N) is 1. The van der Waals surface area contributed by atoms with Gasteiger partial charge in [0.25, 0.3) is 0 Å². The highest BCUT2D eigenvalue weighted by molar-refractivity contribution is 9.10. The quantitative estimate of drug-likeness (QED) is 0.857. The fourth-order valence-corrected chi connectivity index (χ4v) is 2.59. The van der Waals surface area contributed by atoms with E-state index in [1.807, 2.05) is 6.07 Å². The molecule has 0 bridgehead atoms. The van der Waals surface area contributed by atoms with E-state index in [9.17, 15) is 0 Å². The van der Waals surface area contributed by atoms with E-state index in [0.717, 1.165) is 13.0 Å². The van der Waals surface area contributed by atoms with Crippen LogP contribution >= 0.6 is 15.9 Å². The molecule has 1 N–H and O–H groups in total. The van der Waals surface area contributed by atoms with Gasteiger partial charge in [-0.3, -0.25) is 0 Å². The first-order valence-corrected chi connectivity index (χ1v) is 7.47. The maximum absolute atomic E-state index is 3.59. The summed E-state index contributed by atoms with van der Waals surface area (Å²) in [4.78, 5) is 0. The summed E-state index contributed by atoms with van der Waals surface area (Å²) < 4.78 is 1.17. The summed E-state index contributed by atoms with van der Waals surface area (Å²) >= 11 is 3.58. The van der Waals surface area contributed by atoms with Crippen molar-refractivity contribution in [3.8, 4) is 0 Å². The molecule has 0 heterocycles. The Morgan fingerprint density at radius 2 is 1.63 bits per heavy atom. The van der Waals surface area contributed by atoms with Crippen LogP contribution in [-0.4, -0.2) is 6.04 Å². The Balaban J connectivity index is 1.90. The van der Waals surface area contributed by atoms with Crippen LogP contribution in [0, 0.1) is 6.92 Å². The van der Waals surface area contributed by atoms with Crippen molar-refractivity contribution in [1.82, 2.24) is 5.32 Å². The lowest BCUT2D eigenvalue weighted by molar-refractivity contribution is 0.544. The van der Waals surface area contributed by atoms with Crippen LogP contribution in [0.1, 0.15) is 23.6 Å². The van der Waals surface area contributed by atoms with Gasteiger partial charge in [0.15, 0.2) is 0 Å². The van der Waals surface area contributed by atoms with Crippen molar-refractivity contribution < 1.29 is 0 Å².